The summed E-state index contributed by atoms with van der Waals surface area (Å²) in [5.41, 5.74) is 0. The second-order valence-corrected chi connectivity index (χ2v) is 4.44. The summed E-state index contributed by atoms with van der Waals surface area (Å²) in [6, 6.07) is 0. The van der Waals surface area contributed by atoms with Crippen LogP contribution in [0.1, 0.15) is 38.5 Å². The van der Waals surface area contributed by atoms with E-state index in [0.717, 1.165) is 0 Å². The lowest BCUT2D eigenvalue weighted by Gasteiger charge is -2.21. The molecule has 0 aliphatic rings. The van der Waals surface area contributed by atoms with Gasteiger partial charge in [-0.3, -0.25) is 19.2 Å². The Morgan fingerprint density at radius 2 is 1.33 bits per heavy atom. The first-order valence-corrected chi connectivity index (χ1v) is 6.57. The summed E-state index contributed by atoms with van der Waals surface area (Å²) in [4.78, 5) is 45.1. The van der Waals surface area contributed by atoms with Gasteiger partial charge in [0.1, 0.15) is 0 Å². The Morgan fingerprint density at radius 3 is 1.76 bits per heavy atom. The summed E-state index contributed by atoms with van der Waals surface area (Å²) in [6.45, 7) is -0.0462. The number of carboxylic acid groups (broad SMARTS) is 2. The molecule has 7 heteroatoms. The number of hydrogen-bond acceptors (Lipinski definition) is 4. The normalized spacial score (nSPS) is 9.67. The highest BCUT2D eigenvalue weighted by Gasteiger charge is 2.15. The number of carbonyl (C=O) groups is 4. The number of ketones is 1. The number of aliphatic carboxylic acids is 2. The van der Waals surface area contributed by atoms with Crippen molar-refractivity contribution in [2.75, 3.05) is 13.1 Å². The molecule has 0 atom stereocenters. The molecule has 0 saturated carbocycles. The zero-order valence-electron chi connectivity index (χ0n) is 11.7. The number of hydrogen-bond donors (Lipinski definition) is 2. The lowest BCUT2D eigenvalue weighted by molar-refractivity contribution is -0.139. The van der Waals surface area contributed by atoms with E-state index >= 15 is 0 Å². The van der Waals surface area contributed by atoms with Crippen LogP contribution in [-0.2, 0) is 19.2 Å². The molecule has 0 rings (SSSR count). The van der Waals surface area contributed by atoms with Gasteiger partial charge in [-0.2, -0.15) is 0 Å². The zero-order valence-corrected chi connectivity index (χ0v) is 11.7. The summed E-state index contributed by atoms with van der Waals surface area (Å²) in [5, 5.41) is 17.2. The minimum absolute atomic E-state index is 0.0231. The fraction of sp³-hybridized carbons (Fsp3) is 0.571. The summed E-state index contributed by atoms with van der Waals surface area (Å²) in [6.07, 6.45) is 5.70. The van der Waals surface area contributed by atoms with Crippen molar-refractivity contribution in [3.63, 3.8) is 0 Å². The first kappa shape index (κ1) is 18.6. The van der Waals surface area contributed by atoms with Crippen LogP contribution < -0.4 is 0 Å². The average molecular weight is 297 g/mol. The maximum Gasteiger partial charge on any atom is 0.305 e. The topological polar surface area (TPSA) is 112 Å². The van der Waals surface area contributed by atoms with Crippen molar-refractivity contribution in [2.45, 2.75) is 38.5 Å². The van der Waals surface area contributed by atoms with E-state index in [2.05, 4.69) is 0 Å². The van der Waals surface area contributed by atoms with Crippen molar-refractivity contribution in [1.29, 1.82) is 0 Å². The number of amides is 1. The Morgan fingerprint density at radius 1 is 0.857 bits per heavy atom. The van der Waals surface area contributed by atoms with E-state index in [1.807, 2.05) is 5.92 Å². The molecule has 0 fully saturated rings. The third kappa shape index (κ3) is 10.1. The minimum Gasteiger partial charge on any atom is -0.481 e. The van der Waals surface area contributed by atoms with Crippen molar-refractivity contribution in [3.8, 4) is 12.3 Å². The van der Waals surface area contributed by atoms with E-state index in [1.165, 1.54) is 4.90 Å². The first-order valence-electron chi connectivity index (χ1n) is 6.57. The van der Waals surface area contributed by atoms with Crippen molar-refractivity contribution < 1.29 is 29.4 Å². The monoisotopic (exact) mass is 297 g/mol. The van der Waals surface area contributed by atoms with E-state index in [1.54, 1.807) is 0 Å². The maximum atomic E-state index is 11.9. The number of rotatable bonds is 11. The van der Waals surface area contributed by atoms with E-state index < -0.39 is 11.9 Å². The molecule has 0 radical (unpaired) electrons. The third-order valence-corrected chi connectivity index (χ3v) is 2.75. The average Bonchev–Trinajstić information content (AvgIpc) is 2.42. The number of carboxylic acids is 2. The number of terminal acetylenes is 1. The lowest BCUT2D eigenvalue weighted by Crippen LogP contribution is -2.34. The van der Waals surface area contributed by atoms with Crippen molar-refractivity contribution in [1.82, 2.24) is 4.90 Å². The van der Waals surface area contributed by atoms with Crippen molar-refractivity contribution >= 4 is 23.6 Å². The molecule has 0 bridgehead atoms. The second kappa shape index (κ2) is 10.4. The molecule has 0 spiro atoms. The van der Waals surface area contributed by atoms with Gasteiger partial charge in [0.2, 0.25) is 11.7 Å². The van der Waals surface area contributed by atoms with Gasteiger partial charge in [-0.05, 0) is 18.8 Å². The highest BCUT2D eigenvalue weighted by Crippen LogP contribution is 2.06. The van der Waals surface area contributed by atoms with Crippen LogP contribution in [0.3, 0.4) is 0 Å². The Hall–Kier alpha value is -2.36. The molecule has 0 saturated heterocycles. The first-order chi connectivity index (χ1) is 9.86. The standard InChI is InChI=1S/C14H19NO6/c1-2-11(16)5-3-4-6-12(17)15(9-7-13(18)19)10-8-14(20)21/h1H,3-10H2,(H,18,19)(H,20,21). The van der Waals surface area contributed by atoms with Crippen molar-refractivity contribution in [3.05, 3.63) is 0 Å². The minimum atomic E-state index is -1.05. The zero-order chi connectivity index (χ0) is 16.3. The molecule has 2 N–H and O–H groups in total. The second-order valence-electron chi connectivity index (χ2n) is 4.44. The van der Waals surface area contributed by atoms with Crippen LogP contribution in [0, 0.1) is 12.3 Å². The molecule has 21 heavy (non-hydrogen) atoms. The number of carbonyl (C=O) groups excluding carboxylic acids is 2. The van der Waals surface area contributed by atoms with Crippen LogP contribution in [-0.4, -0.2) is 51.8 Å². The van der Waals surface area contributed by atoms with Gasteiger partial charge in [0.25, 0.3) is 0 Å². The number of Topliss-reactive ketones (excluding diaryl/α,β-unsaturated/α-hetero) is 1. The summed E-state index contributed by atoms with van der Waals surface area (Å²) < 4.78 is 0. The van der Waals surface area contributed by atoms with Crippen LogP contribution in [0.2, 0.25) is 0 Å². The predicted molar refractivity (Wildman–Crippen MR) is 73.4 cm³/mol. The predicted octanol–water partition coefficient (Wildman–Crippen LogP) is 0.527. The summed E-state index contributed by atoms with van der Waals surface area (Å²) in [5.74, 6) is -0.767. The molecule has 1 amide bonds. The van der Waals surface area contributed by atoms with Gasteiger partial charge < -0.3 is 15.1 Å². The van der Waals surface area contributed by atoms with Gasteiger partial charge in [-0.15, -0.1) is 6.42 Å². The Labute approximate surface area is 122 Å². The van der Waals surface area contributed by atoms with Gasteiger partial charge in [-0.25, -0.2) is 0 Å². The van der Waals surface area contributed by atoms with E-state index in [-0.39, 0.29) is 50.5 Å². The molecule has 116 valence electrons. The van der Waals surface area contributed by atoms with Gasteiger partial charge in [0.15, 0.2) is 0 Å². The third-order valence-electron chi connectivity index (χ3n) is 2.75. The Kier molecular flexibility index (Phi) is 9.26. The van der Waals surface area contributed by atoms with Crippen molar-refractivity contribution in [2.24, 2.45) is 0 Å². The lowest BCUT2D eigenvalue weighted by atomic mass is 10.1. The highest BCUT2D eigenvalue weighted by molar-refractivity contribution is 5.94. The largest absolute Gasteiger partial charge is 0.481 e. The van der Waals surface area contributed by atoms with Gasteiger partial charge in [0, 0.05) is 25.9 Å². The van der Waals surface area contributed by atoms with Crippen LogP contribution in [0.4, 0.5) is 0 Å². The fourth-order valence-corrected chi connectivity index (χ4v) is 1.61. The fourth-order valence-electron chi connectivity index (χ4n) is 1.61. The summed E-state index contributed by atoms with van der Waals surface area (Å²) >= 11 is 0. The molecule has 0 aromatic heterocycles. The molecule has 7 nitrogen and oxygen atoms in total. The maximum absolute atomic E-state index is 11.9. The number of unbranched alkanes of at least 4 members (excludes halogenated alkanes) is 1. The molecule has 0 aliphatic heterocycles. The van der Waals surface area contributed by atoms with Gasteiger partial charge in [-0.1, -0.05) is 0 Å². The number of nitrogens with zero attached hydrogens (tertiary/aromatic N) is 1. The van der Waals surface area contributed by atoms with Gasteiger partial charge in [0.05, 0.1) is 12.8 Å². The molecule has 0 aliphatic carbocycles. The molecule has 0 aromatic carbocycles. The van der Waals surface area contributed by atoms with Crippen LogP contribution in [0.25, 0.3) is 0 Å². The molecular formula is C14H19NO6. The van der Waals surface area contributed by atoms with Crippen LogP contribution in [0.5, 0.6) is 0 Å². The quantitative estimate of drug-likeness (QED) is 0.327. The molecule has 0 unspecified atom stereocenters. The summed E-state index contributed by atoms with van der Waals surface area (Å²) in [7, 11) is 0. The molecular weight excluding hydrogens is 278 g/mol. The van der Waals surface area contributed by atoms with E-state index in [0.29, 0.717) is 12.8 Å². The Bertz CT molecular complexity index is 419. The van der Waals surface area contributed by atoms with E-state index in [9.17, 15) is 19.2 Å². The molecule has 0 heterocycles. The Balaban J connectivity index is 4.22. The SMILES string of the molecule is C#CC(=O)CCCCC(=O)N(CCC(=O)O)CCC(=O)O. The van der Waals surface area contributed by atoms with Gasteiger partial charge >= 0.3 is 11.9 Å². The van der Waals surface area contributed by atoms with Crippen LogP contribution >= 0.6 is 0 Å². The smallest absolute Gasteiger partial charge is 0.305 e. The molecule has 0 aromatic rings. The highest BCUT2D eigenvalue weighted by atomic mass is 16.4. The van der Waals surface area contributed by atoms with E-state index in [4.69, 9.17) is 16.6 Å². The van der Waals surface area contributed by atoms with Crippen LogP contribution in [0.15, 0.2) is 0 Å².